The van der Waals surface area contributed by atoms with Crippen LogP contribution in [0.5, 0.6) is 11.5 Å². The summed E-state index contributed by atoms with van der Waals surface area (Å²) < 4.78 is 11.3. The molecular weight excluding hydrogens is 324 g/mol. The number of ether oxygens (including phenoxy) is 2. The second-order valence-electron chi connectivity index (χ2n) is 7.77. The molecule has 0 aliphatic carbocycles. The maximum absolute atomic E-state index is 5.77. The van der Waals surface area contributed by atoms with Crippen LogP contribution in [0, 0.1) is 0 Å². The maximum atomic E-state index is 5.77. The van der Waals surface area contributed by atoms with Gasteiger partial charge in [0.05, 0.1) is 0 Å². The van der Waals surface area contributed by atoms with Crippen LogP contribution in [0.15, 0.2) is 42.5 Å². The van der Waals surface area contributed by atoms with Crippen molar-refractivity contribution in [2.24, 2.45) is 0 Å². The van der Waals surface area contributed by atoms with E-state index in [2.05, 4.69) is 59.3 Å². The molecule has 0 spiro atoms. The van der Waals surface area contributed by atoms with Gasteiger partial charge in [-0.1, -0.05) is 36.4 Å². The molecule has 5 rings (SSSR count). The lowest BCUT2D eigenvalue weighted by Crippen LogP contribution is -2.39. The van der Waals surface area contributed by atoms with Gasteiger partial charge in [0.25, 0.3) is 0 Å². The highest BCUT2D eigenvalue weighted by atomic mass is 16.7. The van der Waals surface area contributed by atoms with Gasteiger partial charge >= 0.3 is 0 Å². The van der Waals surface area contributed by atoms with Crippen molar-refractivity contribution in [3.63, 3.8) is 0 Å². The molecule has 4 nitrogen and oxygen atoms in total. The van der Waals surface area contributed by atoms with Crippen LogP contribution in [-0.2, 0) is 6.42 Å². The van der Waals surface area contributed by atoms with Crippen molar-refractivity contribution in [3.05, 3.63) is 59.2 Å². The topological polar surface area (TPSA) is 24.9 Å². The molecule has 0 N–H and O–H groups in total. The lowest BCUT2D eigenvalue weighted by molar-refractivity contribution is 0.163. The zero-order valence-electron chi connectivity index (χ0n) is 15.4. The number of nitrogens with zero attached hydrogens (tertiary/aromatic N) is 2. The molecule has 26 heavy (non-hydrogen) atoms. The Morgan fingerprint density at radius 1 is 1.04 bits per heavy atom. The first-order valence-corrected chi connectivity index (χ1v) is 9.68. The molecule has 136 valence electrons. The Balaban J connectivity index is 1.35. The van der Waals surface area contributed by atoms with Crippen LogP contribution < -0.4 is 9.47 Å². The van der Waals surface area contributed by atoms with Crippen molar-refractivity contribution in [1.29, 1.82) is 0 Å². The molecule has 4 heteroatoms. The van der Waals surface area contributed by atoms with Crippen molar-refractivity contribution in [2.75, 3.05) is 40.0 Å². The summed E-state index contributed by atoms with van der Waals surface area (Å²) in [5, 5.41) is 0. The van der Waals surface area contributed by atoms with Crippen molar-refractivity contribution in [3.8, 4) is 11.5 Å². The molecule has 0 aromatic heterocycles. The van der Waals surface area contributed by atoms with Crippen LogP contribution in [0.25, 0.3) is 0 Å². The SMILES string of the molecule is CN1CCc2c(ccc3c2OCO3)[C@H]1CN1CC[C@H](c2ccccc2)C1. The van der Waals surface area contributed by atoms with Crippen molar-refractivity contribution < 1.29 is 9.47 Å². The summed E-state index contributed by atoms with van der Waals surface area (Å²) in [4.78, 5) is 5.14. The largest absolute Gasteiger partial charge is 0.454 e. The Kier molecular flexibility index (Phi) is 4.10. The van der Waals surface area contributed by atoms with E-state index < -0.39 is 0 Å². The maximum Gasteiger partial charge on any atom is 0.231 e. The van der Waals surface area contributed by atoms with Crippen LogP contribution >= 0.6 is 0 Å². The molecule has 2 atom stereocenters. The first-order valence-electron chi connectivity index (χ1n) is 9.68. The Morgan fingerprint density at radius 2 is 1.92 bits per heavy atom. The van der Waals surface area contributed by atoms with E-state index in [0.717, 1.165) is 37.6 Å². The van der Waals surface area contributed by atoms with Gasteiger partial charge in [-0.15, -0.1) is 0 Å². The third-order valence-electron chi connectivity index (χ3n) is 6.26. The number of likely N-dealkylation sites (tertiary alicyclic amines) is 1. The molecule has 0 saturated carbocycles. The summed E-state index contributed by atoms with van der Waals surface area (Å²) in [5.41, 5.74) is 4.27. The van der Waals surface area contributed by atoms with Crippen molar-refractivity contribution in [1.82, 2.24) is 9.80 Å². The first kappa shape index (κ1) is 16.2. The van der Waals surface area contributed by atoms with Crippen molar-refractivity contribution >= 4 is 0 Å². The van der Waals surface area contributed by atoms with Gasteiger partial charge in [0.15, 0.2) is 11.5 Å². The summed E-state index contributed by atoms with van der Waals surface area (Å²) in [7, 11) is 2.25. The van der Waals surface area contributed by atoms with Gasteiger partial charge in [0.1, 0.15) is 0 Å². The number of benzene rings is 2. The number of rotatable bonds is 3. The number of likely N-dealkylation sites (N-methyl/N-ethyl adjacent to an activating group) is 1. The second kappa shape index (κ2) is 6.60. The molecule has 1 saturated heterocycles. The highest BCUT2D eigenvalue weighted by Gasteiger charge is 2.33. The third-order valence-corrected chi connectivity index (χ3v) is 6.26. The fourth-order valence-corrected chi connectivity index (χ4v) is 4.77. The summed E-state index contributed by atoms with van der Waals surface area (Å²) >= 11 is 0. The van der Waals surface area contributed by atoms with Gasteiger partial charge in [-0.05, 0) is 49.5 Å². The number of fused-ring (bicyclic) bond motifs is 3. The average molecular weight is 350 g/mol. The van der Waals surface area contributed by atoms with E-state index >= 15 is 0 Å². The van der Waals surface area contributed by atoms with E-state index in [1.165, 1.54) is 29.7 Å². The van der Waals surface area contributed by atoms with E-state index in [4.69, 9.17) is 9.47 Å². The van der Waals surface area contributed by atoms with E-state index in [0.29, 0.717) is 18.8 Å². The van der Waals surface area contributed by atoms with Crippen LogP contribution in [-0.4, -0.2) is 49.8 Å². The standard InChI is InChI=1S/C22H26N2O2/c1-23-11-10-19-18(7-8-21-22(19)26-15-25-21)20(23)14-24-12-9-17(13-24)16-5-3-2-4-6-16/h2-8,17,20H,9-15H2,1H3/t17-,20+/m0/s1. The molecule has 3 aliphatic heterocycles. The van der Waals surface area contributed by atoms with Crippen molar-refractivity contribution in [2.45, 2.75) is 24.8 Å². The minimum Gasteiger partial charge on any atom is -0.454 e. The molecule has 3 aliphatic rings. The predicted molar refractivity (Wildman–Crippen MR) is 102 cm³/mol. The molecule has 0 bridgehead atoms. The van der Waals surface area contributed by atoms with Gasteiger partial charge in [-0.3, -0.25) is 4.90 Å². The minimum absolute atomic E-state index is 0.358. The van der Waals surface area contributed by atoms with Gasteiger partial charge in [0, 0.05) is 31.2 Å². The highest BCUT2D eigenvalue weighted by Crippen LogP contribution is 2.43. The molecule has 3 heterocycles. The molecule has 0 amide bonds. The zero-order chi connectivity index (χ0) is 17.5. The monoisotopic (exact) mass is 350 g/mol. The molecule has 0 unspecified atom stereocenters. The van der Waals surface area contributed by atoms with Gasteiger partial charge in [0.2, 0.25) is 6.79 Å². The summed E-state index contributed by atoms with van der Waals surface area (Å²) in [6.07, 6.45) is 2.30. The Morgan fingerprint density at radius 3 is 2.81 bits per heavy atom. The van der Waals surface area contributed by atoms with Gasteiger partial charge < -0.3 is 14.4 Å². The van der Waals surface area contributed by atoms with Gasteiger partial charge in [-0.2, -0.15) is 0 Å². The quantitative estimate of drug-likeness (QED) is 0.847. The first-order chi connectivity index (χ1) is 12.8. The van der Waals surface area contributed by atoms with Crippen LogP contribution in [0.3, 0.4) is 0 Å². The Bertz CT molecular complexity index is 792. The molecule has 0 radical (unpaired) electrons. The smallest absolute Gasteiger partial charge is 0.231 e. The highest BCUT2D eigenvalue weighted by molar-refractivity contribution is 5.54. The van der Waals surface area contributed by atoms with E-state index in [1.54, 1.807) is 0 Å². The van der Waals surface area contributed by atoms with E-state index in [1.807, 2.05) is 0 Å². The average Bonchev–Trinajstić information content (AvgIpc) is 3.34. The molecule has 2 aromatic carbocycles. The molecule has 2 aromatic rings. The minimum atomic E-state index is 0.358. The van der Waals surface area contributed by atoms with Gasteiger partial charge in [-0.25, -0.2) is 0 Å². The fraction of sp³-hybridized carbons (Fsp3) is 0.455. The third kappa shape index (κ3) is 2.78. The number of hydrogen-bond donors (Lipinski definition) is 0. The molecule has 1 fully saturated rings. The summed E-state index contributed by atoms with van der Waals surface area (Å²) in [6, 6.07) is 15.8. The second-order valence-corrected chi connectivity index (χ2v) is 7.77. The van der Waals surface area contributed by atoms with E-state index in [-0.39, 0.29) is 0 Å². The Hall–Kier alpha value is -2.04. The predicted octanol–water partition coefficient (Wildman–Crippen LogP) is 3.43. The van der Waals surface area contributed by atoms with E-state index in [9.17, 15) is 0 Å². The molecular formula is C22H26N2O2. The lowest BCUT2D eigenvalue weighted by atomic mass is 9.91. The lowest BCUT2D eigenvalue weighted by Gasteiger charge is -2.37. The summed E-state index contributed by atoms with van der Waals surface area (Å²) in [5.74, 6) is 2.57. The fourth-order valence-electron chi connectivity index (χ4n) is 4.77. The van der Waals surface area contributed by atoms with Crippen LogP contribution in [0.1, 0.15) is 35.1 Å². The summed E-state index contributed by atoms with van der Waals surface area (Å²) in [6.45, 7) is 4.87. The number of hydrogen-bond acceptors (Lipinski definition) is 4. The van der Waals surface area contributed by atoms with Crippen LogP contribution in [0.2, 0.25) is 0 Å². The zero-order valence-corrected chi connectivity index (χ0v) is 15.4. The normalized spacial score (nSPS) is 25.4. The Labute approximate surface area is 155 Å². The van der Waals surface area contributed by atoms with Crippen LogP contribution in [0.4, 0.5) is 0 Å².